The molecule has 10 heteroatoms. The number of rotatable bonds is 0. The van der Waals surface area contributed by atoms with Gasteiger partial charge in [-0.15, -0.1) is 0 Å². The number of fused-ring (bicyclic) bond motifs is 4. The van der Waals surface area contributed by atoms with Crippen molar-refractivity contribution in [2.75, 3.05) is 6.54 Å². The Morgan fingerprint density at radius 1 is 0.976 bits per heavy atom. The molecule has 4 rings (SSSR count). The minimum Gasteiger partial charge on any atom is -0.451 e. The van der Waals surface area contributed by atoms with Gasteiger partial charge in [-0.05, 0) is 58.2 Å². The topological polar surface area (TPSA) is 130 Å². The number of nitrogens with one attached hydrogen (secondary N) is 3. The molecule has 41 heavy (non-hydrogen) atoms. The first-order valence-corrected chi connectivity index (χ1v) is 14.1. The summed E-state index contributed by atoms with van der Waals surface area (Å²) in [6.07, 6.45) is 3.62. The summed E-state index contributed by atoms with van der Waals surface area (Å²) in [5.41, 5.74) is 3.55. The van der Waals surface area contributed by atoms with E-state index in [9.17, 15) is 19.2 Å². The third-order valence-corrected chi connectivity index (χ3v) is 7.51. The molecule has 5 bridgehead atoms. The van der Waals surface area contributed by atoms with Crippen LogP contribution in [0.4, 0.5) is 0 Å². The van der Waals surface area contributed by atoms with Crippen molar-refractivity contribution in [1.82, 2.24) is 26.1 Å². The van der Waals surface area contributed by atoms with Gasteiger partial charge in [0.05, 0.1) is 22.7 Å². The number of aromatic nitrogens is 1. The van der Waals surface area contributed by atoms with Crippen molar-refractivity contribution in [3.8, 4) is 0 Å². The minimum atomic E-state index is -1.13. The number of hydrogen-bond donors (Lipinski definition) is 3. The monoisotopic (exact) mass is 563 g/mol. The van der Waals surface area contributed by atoms with Gasteiger partial charge >= 0.3 is 5.97 Å². The van der Waals surface area contributed by atoms with E-state index in [1.165, 1.54) is 5.01 Å². The molecule has 2 aromatic rings. The van der Waals surface area contributed by atoms with Crippen molar-refractivity contribution in [3.63, 3.8) is 0 Å². The number of hydrogen-bond acceptors (Lipinski definition) is 7. The zero-order valence-corrected chi connectivity index (χ0v) is 24.9. The summed E-state index contributed by atoms with van der Waals surface area (Å²) >= 11 is 0. The molecule has 3 amide bonds. The van der Waals surface area contributed by atoms with E-state index in [0.717, 1.165) is 16.5 Å². The highest BCUT2D eigenvalue weighted by molar-refractivity contribution is 5.92. The van der Waals surface area contributed by atoms with Crippen molar-refractivity contribution < 1.29 is 23.9 Å². The molecule has 1 saturated heterocycles. The molecule has 1 aromatic heterocycles. The highest BCUT2D eigenvalue weighted by atomic mass is 16.6. The number of nitrogens with zero attached hydrogens (tertiary/aromatic N) is 2. The maximum absolute atomic E-state index is 13.4. The maximum atomic E-state index is 13.4. The molecule has 0 radical (unpaired) electrons. The lowest BCUT2D eigenvalue weighted by Crippen LogP contribution is -2.61. The van der Waals surface area contributed by atoms with Gasteiger partial charge in [-0.1, -0.05) is 51.1 Å². The number of hydrazine groups is 1. The standard InChI is InChI=1S/C31H41N5O5/c1-18-22-13-12-21-11-10-20(17-24(21)34-22)14-15-31(6,7)29(40)41-25(30(3,4)5)27(38)33-19(2)28(39)36-16-8-9-23(35-36)26(37)32-18/h10-15,17-19,23,25,35H,8-9,16H2,1-7H3,(H,32,37)(H,33,38)/b15-14-/t18-,19+,23+,25-/m1/s1. The average Bonchev–Trinajstić information content (AvgIpc) is 2.92. The predicted octanol–water partition coefficient (Wildman–Crippen LogP) is 3.42. The van der Waals surface area contributed by atoms with Crippen LogP contribution in [0.3, 0.4) is 0 Å². The van der Waals surface area contributed by atoms with Gasteiger partial charge in [0, 0.05) is 17.3 Å². The molecule has 2 aliphatic heterocycles. The molecule has 0 spiro atoms. The van der Waals surface area contributed by atoms with Gasteiger partial charge in [0.1, 0.15) is 12.1 Å². The van der Waals surface area contributed by atoms with Crippen molar-refractivity contribution in [1.29, 1.82) is 0 Å². The molecule has 4 atom stereocenters. The summed E-state index contributed by atoms with van der Waals surface area (Å²) in [5, 5.41) is 8.06. The number of pyridine rings is 1. The first-order valence-electron chi connectivity index (χ1n) is 14.1. The molecule has 1 fully saturated rings. The molecule has 220 valence electrons. The van der Waals surface area contributed by atoms with Crippen LogP contribution in [0, 0.1) is 10.8 Å². The van der Waals surface area contributed by atoms with E-state index in [1.54, 1.807) is 47.6 Å². The Bertz CT molecular complexity index is 1380. The molecular weight excluding hydrogens is 522 g/mol. The first-order chi connectivity index (χ1) is 19.2. The van der Waals surface area contributed by atoms with Gasteiger partial charge in [-0.25, -0.2) is 5.43 Å². The minimum absolute atomic E-state index is 0.238. The van der Waals surface area contributed by atoms with Gasteiger partial charge in [-0.3, -0.25) is 29.2 Å². The summed E-state index contributed by atoms with van der Waals surface area (Å²) in [6, 6.07) is 7.76. The number of benzene rings is 1. The number of esters is 1. The Morgan fingerprint density at radius 2 is 1.66 bits per heavy atom. The molecule has 3 N–H and O–H groups in total. The predicted molar refractivity (Wildman–Crippen MR) is 156 cm³/mol. The van der Waals surface area contributed by atoms with Crippen LogP contribution in [0.15, 0.2) is 36.4 Å². The van der Waals surface area contributed by atoms with Crippen molar-refractivity contribution >= 4 is 40.7 Å². The SMILES string of the molecule is C[C@@H]1NC(=O)[C@H](C(C)(C)C)OC(=O)C(C)(C)/C=C\c2ccc3ccc(nc3c2)[C@@H](C)NC(=O)[C@@H]2CCCN(N2)C1=O. The van der Waals surface area contributed by atoms with E-state index in [2.05, 4.69) is 16.1 Å². The molecule has 0 unspecified atom stereocenters. The van der Waals surface area contributed by atoms with Gasteiger partial charge in [-0.2, -0.15) is 0 Å². The third-order valence-electron chi connectivity index (χ3n) is 7.51. The van der Waals surface area contributed by atoms with Gasteiger partial charge in [0.2, 0.25) is 5.91 Å². The summed E-state index contributed by atoms with van der Waals surface area (Å²) < 4.78 is 5.80. The Labute approximate surface area is 241 Å². The van der Waals surface area contributed by atoms with Gasteiger partial charge < -0.3 is 15.4 Å². The number of cyclic esters (lactones) is 1. The highest BCUT2D eigenvalue weighted by Crippen LogP contribution is 2.29. The van der Waals surface area contributed by atoms with E-state index >= 15 is 0 Å². The molecule has 3 heterocycles. The Hall–Kier alpha value is -3.79. The quantitative estimate of drug-likeness (QED) is 0.419. The summed E-state index contributed by atoms with van der Waals surface area (Å²) in [7, 11) is 0. The molecule has 1 aromatic carbocycles. The van der Waals surface area contributed by atoms with Crippen LogP contribution >= 0.6 is 0 Å². The Morgan fingerprint density at radius 3 is 2.37 bits per heavy atom. The smallest absolute Gasteiger partial charge is 0.316 e. The molecular formula is C31H41N5O5. The number of ether oxygens (including phenoxy) is 1. The van der Waals surface area contributed by atoms with E-state index in [-0.39, 0.29) is 17.9 Å². The zero-order valence-electron chi connectivity index (χ0n) is 24.9. The van der Waals surface area contributed by atoms with E-state index in [1.807, 2.05) is 43.3 Å². The van der Waals surface area contributed by atoms with Gasteiger partial charge in [0.25, 0.3) is 11.8 Å². The molecule has 0 saturated carbocycles. The fraction of sp³-hybridized carbons (Fsp3) is 0.516. The van der Waals surface area contributed by atoms with E-state index in [4.69, 9.17) is 9.72 Å². The van der Waals surface area contributed by atoms with E-state index < -0.39 is 40.9 Å². The lowest BCUT2D eigenvalue weighted by Gasteiger charge is -2.36. The van der Waals surface area contributed by atoms with Crippen LogP contribution < -0.4 is 16.1 Å². The number of amides is 3. The zero-order chi connectivity index (χ0) is 30.1. The first kappa shape index (κ1) is 30.2. The second-order valence-electron chi connectivity index (χ2n) is 12.7. The van der Waals surface area contributed by atoms with Crippen molar-refractivity contribution in [2.45, 2.75) is 85.5 Å². The number of carbonyl (C=O) groups excluding carboxylic acids is 4. The summed E-state index contributed by atoms with van der Waals surface area (Å²) in [4.78, 5) is 57.9. The normalized spacial score (nSPS) is 27.1. The van der Waals surface area contributed by atoms with Crippen molar-refractivity contribution in [2.24, 2.45) is 10.8 Å². The lowest BCUT2D eigenvalue weighted by molar-refractivity contribution is -0.169. The third kappa shape index (κ3) is 6.93. The van der Waals surface area contributed by atoms with Crippen LogP contribution in [0.1, 0.15) is 78.6 Å². The Kier molecular flexibility index (Phi) is 8.54. The van der Waals surface area contributed by atoms with E-state index in [0.29, 0.717) is 25.1 Å². The maximum Gasteiger partial charge on any atom is 0.316 e. The largest absolute Gasteiger partial charge is 0.451 e. The molecule has 2 aliphatic rings. The molecule has 0 aliphatic carbocycles. The van der Waals surface area contributed by atoms with Crippen LogP contribution in [-0.4, -0.2) is 58.4 Å². The van der Waals surface area contributed by atoms with Crippen LogP contribution in [0.25, 0.3) is 17.0 Å². The Balaban J connectivity index is 1.72. The van der Waals surface area contributed by atoms with Crippen molar-refractivity contribution in [3.05, 3.63) is 47.7 Å². The highest BCUT2D eigenvalue weighted by Gasteiger charge is 2.40. The van der Waals surface area contributed by atoms with Gasteiger partial charge in [0.15, 0.2) is 6.10 Å². The van der Waals surface area contributed by atoms with Crippen LogP contribution in [0.5, 0.6) is 0 Å². The summed E-state index contributed by atoms with van der Waals surface area (Å²) in [5.74, 6) is -1.75. The van der Waals surface area contributed by atoms with Crippen LogP contribution in [-0.2, 0) is 23.9 Å². The second-order valence-corrected chi connectivity index (χ2v) is 12.7. The van der Waals surface area contributed by atoms with Crippen LogP contribution in [0.2, 0.25) is 0 Å². The second kappa shape index (κ2) is 11.6. The fourth-order valence-corrected chi connectivity index (χ4v) is 4.86. The number of carbonyl (C=O) groups is 4. The lowest BCUT2D eigenvalue weighted by atomic mass is 9.87. The fourth-order valence-electron chi connectivity index (χ4n) is 4.86. The summed E-state index contributed by atoms with van der Waals surface area (Å²) in [6.45, 7) is 12.7. The molecule has 10 nitrogen and oxygen atoms in total. The average molecular weight is 564 g/mol.